The Morgan fingerprint density at radius 3 is 2.67 bits per heavy atom. The van der Waals surface area contributed by atoms with E-state index in [2.05, 4.69) is 18.4 Å². The molecule has 1 N–H and O–H groups in total. The third-order valence-electron chi connectivity index (χ3n) is 5.28. The minimum Gasteiger partial charge on any atom is -0.493 e. The lowest BCUT2D eigenvalue weighted by atomic mass is 9.98. The Bertz CT molecular complexity index is 1150. The van der Waals surface area contributed by atoms with Crippen molar-refractivity contribution in [1.29, 1.82) is 0 Å². The van der Waals surface area contributed by atoms with Crippen LogP contribution >= 0.6 is 11.7 Å². The van der Waals surface area contributed by atoms with Crippen molar-refractivity contribution in [2.45, 2.75) is 24.3 Å². The van der Waals surface area contributed by atoms with Crippen LogP contribution in [0.3, 0.4) is 0 Å². The van der Waals surface area contributed by atoms with Crippen molar-refractivity contribution in [1.82, 2.24) is 18.4 Å². The molecule has 1 aromatic heterocycles. The lowest BCUT2D eigenvalue weighted by Gasteiger charge is -2.29. The van der Waals surface area contributed by atoms with Crippen LogP contribution in [0.4, 0.5) is 0 Å². The van der Waals surface area contributed by atoms with Crippen LogP contribution in [0, 0.1) is 0 Å². The molecular formula is C20H24N4O4S2. The van der Waals surface area contributed by atoms with Gasteiger partial charge in [-0.1, -0.05) is 6.07 Å². The Balaban J connectivity index is 1.34. The van der Waals surface area contributed by atoms with Gasteiger partial charge in [0.1, 0.15) is 15.9 Å². The number of ether oxygens (including phenoxy) is 2. The molecule has 2 aromatic carbocycles. The van der Waals surface area contributed by atoms with Crippen molar-refractivity contribution >= 4 is 32.8 Å². The highest BCUT2D eigenvalue weighted by Crippen LogP contribution is 2.33. The molecule has 160 valence electrons. The average Bonchev–Trinajstić information content (AvgIpc) is 3.24. The average molecular weight is 449 g/mol. The molecule has 0 fully saturated rings. The Morgan fingerprint density at radius 1 is 1.13 bits per heavy atom. The quantitative estimate of drug-likeness (QED) is 0.529. The number of aromatic nitrogens is 2. The highest BCUT2D eigenvalue weighted by Gasteiger charge is 2.21. The Labute approximate surface area is 180 Å². The fourth-order valence-corrected chi connectivity index (χ4v) is 5.56. The van der Waals surface area contributed by atoms with Gasteiger partial charge in [0, 0.05) is 19.6 Å². The van der Waals surface area contributed by atoms with E-state index in [0.717, 1.165) is 49.3 Å². The van der Waals surface area contributed by atoms with Crippen LogP contribution in [0.25, 0.3) is 11.0 Å². The maximum atomic E-state index is 12.7. The molecule has 0 spiro atoms. The molecule has 0 atom stereocenters. The van der Waals surface area contributed by atoms with Crippen LogP contribution in [0.2, 0.25) is 0 Å². The maximum absolute atomic E-state index is 12.7. The van der Waals surface area contributed by atoms with E-state index in [0.29, 0.717) is 24.0 Å². The maximum Gasteiger partial charge on any atom is 0.242 e. The van der Waals surface area contributed by atoms with Gasteiger partial charge in [0.05, 0.1) is 25.9 Å². The van der Waals surface area contributed by atoms with Gasteiger partial charge in [-0.05, 0) is 54.8 Å². The summed E-state index contributed by atoms with van der Waals surface area (Å²) >= 11 is 1.01. The summed E-state index contributed by atoms with van der Waals surface area (Å²) in [4.78, 5) is 2.51. The zero-order valence-corrected chi connectivity index (χ0v) is 18.6. The lowest BCUT2D eigenvalue weighted by molar-refractivity contribution is 0.250. The van der Waals surface area contributed by atoms with Gasteiger partial charge < -0.3 is 9.47 Å². The topological polar surface area (TPSA) is 93.7 Å². The molecule has 0 aliphatic carbocycles. The van der Waals surface area contributed by atoms with Crippen molar-refractivity contribution in [2.75, 3.05) is 33.9 Å². The van der Waals surface area contributed by atoms with Crippen LogP contribution in [0.5, 0.6) is 11.5 Å². The first-order valence-electron chi connectivity index (χ1n) is 9.69. The predicted octanol–water partition coefficient (Wildman–Crippen LogP) is 2.44. The number of nitrogens with zero attached hydrogens (tertiary/aromatic N) is 3. The number of sulfonamides is 1. The summed E-state index contributed by atoms with van der Waals surface area (Å²) in [5.41, 5.74) is 3.52. The number of hydrogen-bond acceptors (Lipinski definition) is 8. The summed E-state index contributed by atoms with van der Waals surface area (Å²) in [5, 5.41) is 0. The fourth-order valence-electron chi connectivity index (χ4n) is 3.72. The third-order valence-corrected chi connectivity index (χ3v) is 7.31. The summed E-state index contributed by atoms with van der Waals surface area (Å²) < 4.78 is 47.1. The van der Waals surface area contributed by atoms with Gasteiger partial charge in [0.25, 0.3) is 0 Å². The van der Waals surface area contributed by atoms with E-state index in [4.69, 9.17) is 9.47 Å². The van der Waals surface area contributed by atoms with E-state index in [1.165, 1.54) is 11.1 Å². The molecule has 0 saturated carbocycles. The number of rotatable bonds is 8. The van der Waals surface area contributed by atoms with E-state index in [1.807, 2.05) is 12.1 Å². The highest BCUT2D eigenvalue weighted by molar-refractivity contribution is 7.89. The van der Waals surface area contributed by atoms with Crippen molar-refractivity contribution in [2.24, 2.45) is 0 Å². The molecule has 2 heterocycles. The second kappa shape index (κ2) is 8.84. The molecule has 8 nitrogen and oxygen atoms in total. The first kappa shape index (κ1) is 21.0. The smallest absolute Gasteiger partial charge is 0.242 e. The summed E-state index contributed by atoms with van der Waals surface area (Å²) in [7, 11) is -0.337. The lowest BCUT2D eigenvalue weighted by Crippen LogP contribution is -2.33. The Kier molecular flexibility index (Phi) is 6.19. The minimum absolute atomic E-state index is 0.182. The molecule has 0 bridgehead atoms. The molecule has 3 aromatic rings. The largest absolute Gasteiger partial charge is 0.493 e. The molecule has 4 rings (SSSR count). The second-order valence-corrected chi connectivity index (χ2v) is 9.41. The van der Waals surface area contributed by atoms with E-state index in [1.54, 1.807) is 32.4 Å². The van der Waals surface area contributed by atoms with Crippen molar-refractivity contribution in [3.05, 3.63) is 41.5 Å². The third kappa shape index (κ3) is 4.27. The standard InChI is InChI=1S/C20H24N4O4S2/c1-27-17-11-14-7-10-24(13-15(14)12-18(17)28-2)9-4-8-21-30(25,26)19-6-3-5-16-20(19)23-29-22-16/h3,5-6,11-12,21H,4,7-10,13H2,1-2H3. The van der Waals surface area contributed by atoms with Gasteiger partial charge in [-0.15, -0.1) is 0 Å². The molecule has 1 aliphatic heterocycles. The van der Waals surface area contributed by atoms with Crippen LogP contribution in [0.1, 0.15) is 17.5 Å². The van der Waals surface area contributed by atoms with Gasteiger partial charge in [-0.25, -0.2) is 13.1 Å². The summed E-state index contributed by atoms with van der Waals surface area (Å²) in [6.45, 7) is 2.91. The number of benzene rings is 2. The second-order valence-electron chi connectivity index (χ2n) is 7.14. The number of nitrogens with one attached hydrogen (secondary N) is 1. The van der Waals surface area contributed by atoms with Crippen LogP contribution in [-0.2, 0) is 23.0 Å². The zero-order chi connectivity index (χ0) is 21.1. The molecular weight excluding hydrogens is 424 g/mol. The highest BCUT2D eigenvalue weighted by atomic mass is 32.2. The first-order chi connectivity index (χ1) is 14.5. The summed E-state index contributed by atoms with van der Waals surface area (Å²) in [5.74, 6) is 1.49. The van der Waals surface area contributed by atoms with Crippen molar-refractivity contribution in [3.8, 4) is 11.5 Å². The molecule has 10 heteroatoms. The number of hydrogen-bond donors (Lipinski definition) is 1. The van der Waals surface area contributed by atoms with Gasteiger partial charge in [-0.3, -0.25) is 4.90 Å². The minimum atomic E-state index is -3.62. The van der Waals surface area contributed by atoms with E-state index in [9.17, 15) is 8.42 Å². The molecule has 0 radical (unpaired) electrons. The van der Waals surface area contributed by atoms with Crippen LogP contribution in [-0.4, -0.2) is 55.9 Å². The van der Waals surface area contributed by atoms with Gasteiger partial charge >= 0.3 is 0 Å². The molecule has 0 amide bonds. The van der Waals surface area contributed by atoms with Gasteiger partial charge in [0.15, 0.2) is 11.5 Å². The number of fused-ring (bicyclic) bond motifs is 2. The normalized spacial score (nSPS) is 14.6. The van der Waals surface area contributed by atoms with Gasteiger partial charge in [0.2, 0.25) is 10.0 Å². The Morgan fingerprint density at radius 2 is 1.90 bits per heavy atom. The molecule has 30 heavy (non-hydrogen) atoms. The molecule has 0 saturated heterocycles. The van der Waals surface area contributed by atoms with Crippen LogP contribution in [0.15, 0.2) is 35.2 Å². The Hall–Kier alpha value is -2.27. The SMILES string of the molecule is COc1cc2c(cc1OC)CN(CCCNS(=O)(=O)c1cccc3nsnc13)CC2. The predicted molar refractivity (Wildman–Crippen MR) is 116 cm³/mol. The molecule has 0 unspecified atom stereocenters. The van der Waals surface area contributed by atoms with Crippen LogP contribution < -0.4 is 14.2 Å². The van der Waals surface area contributed by atoms with Gasteiger partial charge in [-0.2, -0.15) is 8.75 Å². The van der Waals surface area contributed by atoms with E-state index in [-0.39, 0.29) is 4.90 Å². The number of methoxy groups -OCH3 is 2. The monoisotopic (exact) mass is 448 g/mol. The van der Waals surface area contributed by atoms with Crippen molar-refractivity contribution in [3.63, 3.8) is 0 Å². The van der Waals surface area contributed by atoms with E-state index >= 15 is 0 Å². The first-order valence-corrected chi connectivity index (χ1v) is 11.9. The molecule has 1 aliphatic rings. The zero-order valence-electron chi connectivity index (χ0n) is 16.9. The fraction of sp³-hybridized carbons (Fsp3) is 0.400. The summed E-state index contributed by atoms with van der Waals surface area (Å²) in [6.07, 6.45) is 1.65. The van der Waals surface area contributed by atoms with Crippen molar-refractivity contribution < 1.29 is 17.9 Å². The van der Waals surface area contributed by atoms with E-state index < -0.39 is 10.0 Å². The summed E-state index contributed by atoms with van der Waals surface area (Å²) in [6, 6.07) is 9.10.